The zero-order chi connectivity index (χ0) is 12.0. The Kier molecular flexibility index (Phi) is 5.73. The molecule has 0 amide bonds. The van der Waals surface area contributed by atoms with Crippen molar-refractivity contribution in [3.63, 3.8) is 0 Å². The predicted molar refractivity (Wildman–Crippen MR) is 69.8 cm³/mol. The van der Waals surface area contributed by atoms with Crippen molar-refractivity contribution in [1.82, 2.24) is 4.98 Å². The second kappa shape index (κ2) is 6.83. The molecular weight excluding hydrogens is 270 g/mol. The van der Waals surface area contributed by atoms with Gasteiger partial charge in [-0.3, -0.25) is 0 Å². The molecule has 0 atom stereocenters. The third-order valence-corrected chi connectivity index (χ3v) is 3.31. The van der Waals surface area contributed by atoms with Crippen LogP contribution in [0.3, 0.4) is 0 Å². The van der Waals surface area contributed by atoms with Crippen LogP contribution in [-0.4, -0.2) is 38.3 Å². The molecule has 0 radical (unpaired) electrons. The summed E-state index contributed by atoms with van der Waals surface area (Å²) in [6.45, 7) is 4.89. The van der Waals surface area contributed by atoms with Gasteiger partial charge in [-0.2, -0.15) is 0 Å². The van der Waals surface area contributed by atoms with Crippen LogP contribution in [0, 0.1) is 6.92 Å². The summed E-state index contributed by atoms with van der Waals surface area (Å²) in [4.78, 5) is 6.50. The highest BCUT2D eigenvalue weighted by Crippen LogP contribution is 2.26. The summed E-state index contributed by atoms with van der Waals surface area (Å²) in [5.74, 6) is 0.933. The second-order valence-electron chi connectivity index (χ2n) is 3.53. The van der Waals surface area contributed by atoms with E-state index in [-0.39, 0.29) is 0 Å². The molecule has 0 aliphatic rings. The van der Waals surface area contributed by atoms with Crippen molar-refractivity contribution in [2.75, 3.05) is 38.3 Å². The lowest BCUT2D eigenvalue weighted by molar-refractivity contribution is 0.205. The normalized spacial score (nSPS) is 10.5. The number of aromatic nitrogens is 1. The van der Waals surface area contributed by atoms with Crippen molar-refractivity contribution in [3.05, 3.63) is 22.3 Å². The molecule has 1 heterocycles. The Morgan fingerprint density at radius 1 is 1.50 bits per heavy atom. The lowest BCUT2D eigenvalue weighted by Gasteiger charge is -2.24. The van der Waals surface area contributed by atoms with E-state index in [0.29, 0.717) is 13.2 Å². The molecule has 5 heteroatoms. The first-order valence-corrected chi connectivity index (χ1v) is 6.05. The summed E-state index contributed by atoms with van der Waals surface area (Å²) >= 11 is 3.56. The second-order valence-corrected chi connectivity index (χ2v) is 4.33. The summed E-state index contributed by atoms with van der Waals surface area (Å²) in [6.07, 6.45) is 1.81. The molecule has 0 aromatic carbocycles. The van der Waals surface area contributed by atoms with Gasteiger partial charge in [0.1, 0.15) is 5.82 Å². The molecule has 0 bridgehead atoms. The minimum atomic E-state index is 0.603. The third kappa shape index (κ3) is 3.43. The number of ether oxygens (including phenoxy) is 1. The molecule has 1 aromatic rings. The molecule has 0 unspecified atom stereocenters. The molecule has 4 nitrogen and oxygen atoms in total. The van der Waals surface area contributed by atoms with Gasteiger partial charge >= 0.3 is 0 Å². The van der Waals surface area contributed by atoms with Crippen LogP contribution >= 0.6 is 15.9 Å². The lowest BCUT2D eigenvalue weighted by Crippen LogP contribution is -2.33. The van der Waals surface area contributed by atoms with Gasteiger partial charge in [0.15, 0.2) is 0 Å². The van der Waals surface area contributed by atoms with Gasteiger partial charge in [0.2, 0.25) is 0 Å². The molecule has 16 heavy (non-hydrogen) atoms. The third-order valence-electron chi connectivity index (χ3n) is 2.33. The molecule has 2 N–H and O–H groups in total. The number of methoxy groups -OCH3 is 1. The van der Waals surface area contributed by atoms with Gasteiger partial charge < -0.3 is 15.4 Å². The Bertz CT molecular complexity index is 333. The smallest absolute Gasteiger partial charge is 0.143 e. The zero-order valence-electron chi connectivity index (χ0n) is 9.74. The number of anilines is 1. The van der Waals surface area contributed by atoms with Gasteiger partial charge in [0.05, 0.1) is 11.1 Å². The van der Waals surface area contributed by atoms with E-state index in [9.17, 15) is 0 Å². The first-order chi connectivity index (χ1) is 7.70. The number of pyridine rings is 1. The Balaban J connectivity index is 2.86. The number of hydrogen-bond acceptors (Lipinski definition) is 4. The first-order valence-electron chi connectivity index (χ1n) is 5.25. The van der Waals surface area contributed by atoms with Crippen LogP contribution < -0.4 is 10.6 Å². The number of halogens is 1. The minimum Gasteiger partial charge on any atom is -0.383 e. The Hall–Kier alpha value is -0.650. The Morgan fingerprint density at radius 3 is 2.88 bits per heavy atom. The largest absolute Gasteiger partial charge is 0.383 e. The molecule has 1 aromatic heterocycles. The minimum absolute atomic E-state index is 0.603. The van der Waals surface area contributed by atoms with Gasteiger partial charge in [-0.05, 0) is 34.5 Å². The van der Waals surface area contributed by atoms with Crippen molar-refractivity contribution in [2.45, 2.75) is 6.92 Å². The van der Waals surface area contributed by atoms with Crippen LogP contribution in [-0.2, 0) is 4.74 Å². The summed E-state index contributed by atoms with van der Waals surface area (Å²) in [5, 5.41) is 0. The van der Waals surface area contributed by atoms with E-state index in [0.717, 1.165) is 23.4 Å². The molecule has 0 saturated carbocycles. The molecule has 0 saturated heterocycles. The highest BCUT2D eigenvalue weighted by Gasteiger charge is 2.11. The van der Waals surface area contributed by atoms with Gasteiger partial charge in [0.25, 0.3) is 0 Å². The van der Waals surface area contributed by atoms with Gasteiger partial charge in [-0.1, -0.05) is 0 Å². The molecular formula is C11H18BrN3O. The highest BCUT2D eigenvalue weighted by molar-refractivity contribution is 9.10. The fourth-order valence-electron chi connectivity index (χ4n) is 1.43. The van der Waals surface area contributed by atoms with Crippen molar-refractivity contribution in [3.8, 4) is 0 Å². The van der Waals surface area contributed by atoms with Crippen LogP contribution in [0.5, 0.6) is 0 Å². The van der Waals surface area contributed by atoms with Crippen LogP contribution in [0.4, 0.5) is 5.82 Å². The Morgan fingerprint density at radius 2 is 2.25 bits per heavy atom. The predicted octanol–water partition coefficient (Wildman–Crippen LogP) is 1.56. The average Bonchev–Trinajstić information content (AvgIpc) is 2.28. The van der Waals surface area contributed by atoms with Crippen molar-refractivity contribution in [1.29, 1.82) is 0 Å². The summed E-state index contributed by atoms with van der Waals surface area (Å²) in [6, 6.07) is 1.98. The van der Waals surface area contributed by atoms with Crippen molar-refractivity contribution in [2.24, 2.45) is 5.73 Å². The summed E-state index contributed by atoms with van der Waals surface area (Å²) in [5.41, 5.74) is 6.77. The molecule has 0 aliphatic heterocycles. The number of nitrogens with two attached hydrogens (primary N) is 1. The van der Waals surface area contributed by atoms with Crippen LogP contribution in [0.2, 0.25) is 0 Å². The van der Waals surface area contributed by atoms with E-state index in [1.807, 2.05) is 19.2 Å². The fraction of sp³-hybridized carbons (Fsp3) is 0.545. The molecule has 0 fully saturated rings. The average molecular weight is 288 g/mol. The van der Waals surface area contributed by atoms with E-state index in [2.05, 4.69) is 25.8 Å². The quantitative estimate of drug-likeness (QED) is 0.863. The van der Waals surface area contributed by atoms with Gasteiger partial charge in [0, 0.05) is 32.9 Å². The fourth-order valence-corrected chi connectivity index (χ4v) is 1.91. The summed E-state index contributed by atoms with van der Waals surface area (Å²) < 4.78 is 6.11. The van der Waals surface area contributed by atoms with Crippen LogP contribution in [0.15, 0.2) is 16.7 Å². The zero-order valence-corrected chi connectivity index (χ0v) is 11.3. The molecule has 90 valence electrons. The number of aryl methyl sites for hydroxylation is 1. The number of hydrogen-bond donors (Lipinski definition) is 1. The molecule has 0 aliphatic carbocycles. The van der Waals surface area contributed by atoms with Gasteiger partial charge in [-0.25, -0.2) is 4.98 Å². The SMILES string of the molecule is COCCN(CCN)c1nccc(C)c1Br. The van der Waals surface area contributed by atoms with Crippen molar-refractivity contribution >= 4 is 21.7 Å². The van der Waals surface area contributed by atoms with Crippen LogP contribution in [0.25, 0.3) is 0 Å². The van der Waals surface area contributed by atoms with Crippen molar-refractivity contribution < 1.29 is 4.74 Å². The highest BCUT2D eigenvalue weighted by atomic mass is 79.9. The maximum absolute atomic E-state index is 5.60. The maximum Gasteiger partial charge on any atom is 0.143 e. The van der Waals surface area contributed by atoms with E-state index >= 15 is 0 Å². The van der Waals surface area contributed by atoms with Gasteiger partial charge in [-0.15, -0.1) is 0 Å². The monoisotopic (exact) mass is 287 g/mol. The van der Waals surface area contributed by atoms with E-state index < -0.39 is 0 Å². The van der Waals surface area contributed by atoms with E-state index in [4.69, 9.17) is 10.5 Å². The van der Waals surface area contributed by atoms with E-state index in [1.54, 1.807) is 7.11 Å². The topological polar surface area (TPSA) is 51.4 Å². The standard InChI is InChI=1S/C11H18BrN3O/c1-9-3-5-14-11(10(9)12)15(6-4-13)7-8-16-2/h3,5H,4,6-8,13H2,1-2H3. The lowest BCUT2D eigenvalue weighted by atomic mass is 10.3. The van der Waals surface area contributed by atoms with Crippen LogP contribution in [0.1, 0.15) is 5.56 Å². The molecule has 0 spiro atoms. The number of nitrogens with zero attached hydrogens (tertiary/aromatic N) is 2. The molecule has 1 rings (SSSR count). The Labute approximate surface area is 105 Å². The summed E-state index contributed by atoms with van der Waals surface area (Å²) in [7, 11) is 1.69. The first kappa shape index (κ1) is 13.4. The van der Waals surface area contributed by atoms with E-state index in [1.165, 1.54) is 5.56 Å². The maximum atomic E-state index is 5.60. The number of rotatable bonds is 6.